The van der Waals surface area contributed by atoms with E-state index in [1.54, 1.807) is 4.90 Å². The number of amides is 1. The molecule has 38 heavy (non-hydrogen) atoms. The highest BCUT2D eigenvalue weighted by atomic mass is 32.2. The summed E-state index contributed by atoms with van der Waals surface area (Å²) < 4.78 is 54.2. The van der Waals surface area contributed by atoms with Gasteiger partial charge in [-0.15, -0.1) is 0 Å². The van der Waals surface area contributed by atoms with Crippen LogP contribution in [0.4, 0.5) is 14.5 Å². The zero-order valence-electron chi connectivity index (χ0n) is 20.9. The van der Waals surface area contributed by atoms with Gasteiger partial charge in [-0.2, -0.15) is 4.31 Å². The molecule has 0 saturated carbocycles. The van der Waals surface area contributed by atoms with Crippen molar-refractivity contribution in [2.45, 2.75) is 18.4 Å². The SMILES string of the molecule is [C-]#[N+]C1(c2ccccc2)CCN(c2c(C(=O)N3CCN(S(C)(=O)=O)CC3)cnc3c(F)cc(F)cc23)CC1. The first-order valence-corrected chi connectivity index (χ1v) is 14.2. The van der Waals surface area contributed by atoms with Crippen LogP contribution in [-0.2, 0) is 15.6 Å². The molecule has 0 spiro atoms. The number of hydrogen-bond donors (Lipinski definition) is 0. The predicted molar refractivity (Wildman–Crippen MR) is 140 cm³/mol. The molecule has 2 aliphatic rings. The van der Waals surface area contributed by atoms with Crippen molar-refractivity contribution in [1.29, 1.82) is 0 Å². The van der Waals surface area contributed by atoms with E-state index in [-0.39, 0.29) is 48.6 Å². The van der Waals surface area contributed by atoms with Crippen molar-refractivity contribution in [3.8, 4) is 0 Å². The van der Waals surface area contributed by atoms with Gasteiger partial charge in [0.2, 0.25) is 10.0 Å². The summed E-state index contributed by atoms with van der Waals surface area (Å²) >= 11 is 0. The first kappa shape index (κ1) is 26.0. The molecule has 0 radical (unpaired) electrons. The number of halogens is 2. The normalized spacial score (nSPS) is 18.4. The predicted octanol–water partition coefficient (Wildman–Crippen LogP) is 3.65. The number of anilines is 1. The monoisotopic (exact) mass is 539 g/mol. The van der Waals surface area contributed by atoms with E-state index in [1.807, 2.05) is 35.2 Å². The average molecular weight is 540 g/mol. The maximum Gasteiger partial charge on any atom is 0.260 e. The third-order valence-electron chi connectivity index (χ3n) is 7.52. The van der Waals surface area contributed by atoms with Gasteiger partial charge in [-0.05, 0) is 6.07 Å². The number of benzene rings is 2. The number of aromatic nitrogens is 1. The molecule has 0 unspecified atom stereocenters. The third kappa shape index (κ3) is 4.70. The molecule has 2 fully saturated rings. The molecule has 0 atom stereocenters. The number of carbonyl (C=O) groups is 1. The highest BCUT2D eigenvalue weighted by Crippen LogP contribution is 2.41. The molecule has 2 saturated heterocycles. The van der Waals surface area contributed by atoms with Crippen molar-refractivity contribution in [2.75, 3.05) is 50.4 Å². The molecule has 198 valence electrons. The molecule has 11 heteroatoms. The maximum atomic E-state index is 14.7. The molecule has 0 N–H and O–H groups in total. The highest BCUT2D eigenvalue weighted by molar-refractivity contribution is 7.88. The second kappa shape index (κ2) is 9.93. The molecule has 2 aromatic carbocycles. The van der Waals surface area contributed by atoms with Gasteiger partial charge in [0.15, 0.2) is 5.82 Å². The molecule has 1 amide bonds. The number of piperazine rings is 1. The van der Waals surface area contributed by atoms with Crippen molar-refractivity contribution >= 4 is 32.5 Å². The average Bonchev–Trinajstić information content (AvgIpc) is 2.92. The lowest BCUT2D eigenvalue weighted by molar-refractivity contribution is 0.0698. The van der Waals surface area contributed by atoms with Crippen LogP contribution in [0.25, 0.3) is 15.7 Å². The minimum absolute atomic E-state index is 0.0371. The summed E-state index contributed by atoms with van der Waals surface area (Å²) in [6, 6.07) is 11.5. The van der Waals surface area contributed by atoms with Gasteiger partial charge in [-0.25, -0.2) is 23.8 Å². The van der Waals surface area contributed by atoms with Crippen LogP contribution < -0.4 is 4.90 Å². The van der Waals surface area contributed by atoms with E-state index >= 15 is 0 Å². The van der Waals surface area contributed by atoms with Gasteiger partial charge in [0, 0.05) is 75.3 Å². The molecule has 3 heterocycles. The van der Waals surface area contributed by atoms with E-state index in [9.17, 15) is 22.0 Å². The Morgan fingerprint density at radius 1 is 1.03 bits per heavy atom. The van der Waals surface area contributed by atoms with Gasteiger partial charge >= 0.3 is 0 Å². The topological polar surface area (TPSA) is 78.2 Å². The van der Waals surface area contributed by atoms with Crippen molar-refractivity contribution in [3.05, 3.63) is 82.8 Å². The molecule has 8 nitrogen and oxygen atoms in total. The number of piperidine rings is 1. The molecule has 1 aromatic heterocycles. The first-order valence-electron chi connectivity index (χ1n) is 12.3. The first-order chi connectivity index (χ1) is 18.1. The Kier molecular flexibility index (Phi) is 6.79. The zero-order chi connectivity index (χ0) is 27.1. The minimum atomic E-state index is -3.37. The van der Waals surface area contributed by atoms with Crippen LogP contribution in [0, 0.1) is 18.2 Å². The summed E-state index contributed by atoms with van der Waals surface area (Å²) in [5.41, 5.74) is 0.751. The van der Waals surface area contributed by atoms with Crippen molar-refractivity contribution in [1.82, 2.24) is 14.2 Å². The van der Waals surface area contributed by atoms with E-state index in [0.717, 1.165) is 17.9 Å². The van der Waals surface area contributed by atoms with Crippen LogP contribution in [0.2, 0.25) is 0 Å². The summed E-state index contributed by atoms with van der Waals surface area (Å²) in [7, 11) is -3.37. The van der Waals surface area contributed by atoms with E-state index < -0.39 is 27.2 Å². The number of nitrogens with zero attached hydrogens (tertiary/aromatic N) is 5. The molecule has 0 bridgehead atoms. The van der Waals surface area contributed by atoms with Crippen molar-refractivity contribution in [3.63, 3.8) is 0 Å². The number of rotatable bonds is 4. The fourth-order valence-corrected chi connectivity index (χ4v) is 6.24. The highest BCUT2D eigenvalue weighted by Gasteiger charge is 2.43. The fourth-order valence-electron chi connectivity index (χ4n) is 5.42. The number of pyridine rings is 1. The minimum Gasteiger partial charge on any atom is -0.370 e. The second-order valence-electron chi connectivity index (χ2n) is 9.75. The van der Waals surface area contributed by atoms with Crippen LogP contribution in [0.15, 0.2) is 48.7 Å². The summed E-state index contributed by atoms with van der Waals surface area (Å²) in [4.78, 5) is 25.3. The largest absolute Gasteiger partial charge is 0.370 e. The van der Waals surface area contributed by atoms with E-state index in [2.05, 4.69) is 9.83 Å². The fraction of sp³-hybridized carbons (Fsp3) is 0.370. The van der Waals surface area contributed by atoms with Crippen LogP contribution in [0.1, 0.15) is 28.8 Å². The lowest BCUT2D eigenvalue weighted by Gasteiger charge is -2.38. The van der Waals surface area contributed by atoms with Crippen LogP contribution >= 0.6 is 0 Å². The van der Waals surface area contributed by atoms with E-state index in [4.69, 9.17) is 6.57 Å². The summed E-state index contributed by atoms with van der Waals surface area (Å²) in [5.74, 6) is -1.97. The van der Waals surface area contributed by atoms with Gasteiger partial charge in [0.05, 0.1) is 17.5 Å². The number of sulfonamides is 1. The summed E-state index contributed by atoms with van der Waals surface area (Å²) in [6.07, 6.45) is 3.40. The van der Waals surface area contributed by atoms with Gasteiger partial charge in [-0.1, -0.05) is 30.3 Å². The summed E-state index contributed by atoms with van der Waals surface area (Å²) in [5, 5.41) is 0.193. The lowest BCUT2D eigenvalue weighted by atomic mass is 9.81. The number of fused-ring (bicyclic) bond motifs is 1. The number of carbonyl (C=O) groups excluding carboxylic acids is 1. The Morgan fingerprint density at radius 3 is 2.29 bits per heavy atom. The van der Waals surface area contributed by atoms with Gasteiger partial charge < -0.3 is 14.6 Å². The molecule has 0 aliphatic carbocycles. The maximum absolute atomic E-state index is 14.7. The van der Waals surface area contributed by atoms with Crippen molar-refractivity contribution < 1.29 is 22.0 Å². The molecular weight excluding hydrogens is 512 g/mol. The molecule has 5 rings (SSSR count). The molecule has 2 aliphatic heterocycles. The quantitative estimate of drug-likeness (QED) is 0.473. The molecular formula is C27H27F2N5O3S. The van der Waals surface area contributed by atoms with Crippen LogP contribution in [-0.4, -0.2) is 74.0 Å². The van der Waals surface area contributed by atoms with Crippen LogP contribution in [0.3, 0.4) is 0 Å². The van der Waals surface area contributed by atoms with Crippen molar-refractivity contribution in [2.24, 2.45) is 0 Å². The standard InChI is InChI=1S/C27H27F2N5O3S/c1-30-27(19-6-4-3-5-7-19)8-10-32(11-9-27)25-21-16-20(28)17-23(29)24(21)31-18-22(25)26(35)33-12-14-34(15-13-33)38(2,36)37/h3-7,16-18H,8-15H2,2H3. The van der Waals surface area contributed by atoms with Gasteiger partial charge in [-0.3, -0.25) is 9.78 Å². The second-order valence-corrected chi connectivity index (χ2v) is 11.7. The molecule has 3 aromatic rings. The summed E-state index contributed by atoms with van der Waals surface area (Å²) in [6.45, 7) is 9.44. The zero-order valence-corrected chi connectivity index (χ0v) is 21.7. The Hall–Kier alpha value is -3.62. The van der Waals surface area contributed by atoms with Crippen LogP contribution in [0.5, 0.6) is 0 Å². The van der Waals surface area contributed by atoms with E-state index in [0.29, 0.717) is 31.6 Å². The lowest BCUT2D eigenvalue weighted by Crippen LogP contribution is -2.50. The van der Waals surface area contributed by atoms with Gasteiger partial charge in [0.25, 0.3) is 11.4 Å². The van der Waals surface area contributed by atoms with Gasteiger partial charge in [0.1, 0.15) is 11.3 Å². The Balaban J connectivity index is 1.51. The van der Waals surface area contributed by atoms with E-state index in [1.165, 1.54) is 16.6 Å². The Labute approximate surface area is 220 Å². The Bertz CT molecular complexity index is 1530. The Morgan fingerprint density at radius 2 is 1.68 bits per heavy atom. The number of hydrogen-bond acceptors (Lipinski definition) is 5. The third-order valence-corrected chi connectivity index (χ3v) is 8.82. The smallest absolute Gasteiger partial charge is 0.260 e.